The predicted molar refractivity (Wildman–Crippen MR) is 67.5 cm³/mol. The molecule has 0 radical (unpaired) electrons. The number of sulfone groups is 1. The van der Waals surface area contributed by atoms with Crippen molar-refractivity contribution in [1.29, 1.82) is 0 Å². The molecule has 0 aliphatic heterocycles. The zero-order valence-electron chi connectivity index (χ0n) is 10.7. The normalized spacial score (nSPS) is 33.9. The number of rotatable bonds is 5. The molecule has 2 aliphatic carbocycles. The van der Waals surface area contributed by atoms with E-state index in [0.29, 0.717) is 23.9 Å². The van der Waals surface area contributed by atoms with E-state index in [0.717, 1.165) is 25.7 Å². The Labute approximate surface area is 104 Å². The molecule has 98 valence electrons. The zero-order chi connectivity index (χ0) is 12.6. The Morgan fingerprint density at radius 3 is 2.41 bits per heavy atom. The number of hydrogen-bond donors (Lipinski definition) is 0. The molecule has 2 aliphatic rings. The Kier molecular flexibility index (Phi) is 3.62. The van der Waals surface area contributed by atoms with Crippen LogP contribution in [0.5, 0.6) is 0 Å². The molecule has 0 N–H and O–H groups in total. The summed E-state index contributed by atoms with van der Waals surface area (Å²) in [6.07, 6.45) is 3.98. The highest BCUT2D eigenvalue weighted by Gasteiger charge is 2.41. The van der Waals surface area contributed by atoms with Gasteiger partial charge in [-0.05, 0) is 37.5 Å². The van der Waals surface area contributed by atoms with Gasteiger partial charge in [0.1, 0.15) is 5.78 Å². The van der Waals surface area contributed by atoms with Crippen LogP contribution in [0.15, 0.2) is 0 Å². The molecule has 0 amide bonds. The molecule has 0 unspecified atom stereocenters. The molecule has 3 atom stereocenters. The van der Waals surface area contributed by atoms with Crippen molar-refractivity contribution < 1.29 is 13.2 Å². The van der Waals surface area contributed by atoms with Crippen molar-refractivity contribution in [3.05, 3.63) is 0 Å². The van der Waals surface area contributed by atoms with Crippen molar-refractivity contribution in [2.75, 3.05) is 5.75 Å². The van der Waals surface area contributed by atoms with Gasteiger partial charge in [-0.1, -0.05) is 13.8 Å². The molecule has 4 heteroatoms. The van der Waals surface area contributed by atoms with E-state index in [2.05, 4.69) is 6.92 Å². The van der Waals surface area contributed by atoms with E-state index in [4.69, 9.17) is 0 Å². The van der Waals surface area contributed by atoms with Gasteiger partial charge in [-0.25, -0.2) is 8.42 Å². The van der Waals surface area contributed by atoms with Crippen molar-refractivity contribution >= 4 is 15.6 Å². The number of hydrogen-bond acceptors (Lipinski definition) is 3. The lowest BCUT2D eigenvalue weighted by Crippen LogP contribution is -2.19. The first-order chi connectivity index (χ1) is 7.94. The first kappa shape index (κ1) is 13.1. The van der Waals surface area contributed by atoms with Gasteiger partial charge < -0.3 is 0 Å². The molecule has 2 fully saturated rings. The maximum Gasteiger partial charge on any atom is 0.153 e. The quantitative estimate of drug-likeness (QED) is 0.759. The largest absolute Gasteiger partial charge is 0.299 e. The standard InChI is InChI=1S/C13H22O3S/c1-3-13(14)12-7-10(6-9(12)2)8-17(15,16)11-4-5-11/h9-12H,3-8H2,1-2H3/t9-,10+,12+/m0/s1. The fourth-order valence-electron chi connectivity index (χ4n) is 3.12. The molecule has 0 spiro atoms. The second kappa shape index (κ2) is 4.71. The SMILES string of the molecule is CCC(=O)[C@@H]1C[C@H](CS(=O)(=O)C2CC2)C[C@@H]1C. The maximum atomic E-state index is 11.9. The smallest absolute Gasteiger partial charge is 0.153 e. The molecule has 0 bridgehead atoms. The first-order valence-corrected chi connectivity index (χ1v) is 8.40. The molecule has 2 rings (SSSR count). The Morgan fingerprint density at radius 2 is 1.88 bits per heavy atom. The third-order valence-corrected chi connectivity index (χ3v) is 6.66. The van der Waals surface area contributed by atoms with Crippen LogP contribution in [-0.4, -0.2) is 25.2 Å². The van der Waals surface area contributed by atoms with E-state index in [-0.39, 0.29) is 17.1 Å². The Balaban J connectivity index is 1.95. The number of Topliss-reactive ketones (excluding diaryl/α,β-unsaturated/α-hetero) is 1. The highest BCUT2D eigenvalue weighted by Crippen LogP contribution is 2.40. The van der Waals surface area contributed by atoms with Gasteiger partial charge in [0.05, 0.1) is 11.0 Å². The van der Waals surface area contributed by atoms with Gasteiger partial charge in [0.2, 0.25) is 0 Å². The molecule has 0 aromatic carbocycles. The van der Waals surface area contributed by atoms with Crippen LogP contribution in [0.25, 0.3) is 0 Å². The first-order valence-electron chi connectivity index (χ1n) is 6.68. The van der Waals surface area contributed by atoms with Gasteiger partial charge in [0, 0.05) is 12.3 Å². The molecule has 0 heterocycles. The monoisotopic (exact) mass is 258 g/mol. The third-order valence-electron chi connectivity index (χ3n) is 4.24. The highest BCUT2D eigenvalue weighted by molar-refractivity contribution is 7.92. The Hall–Kier alpha value is -0.380. The Morgan fingerprint density at radius 1 is 1.24 bits per heavy atom. The summed E-state index contributed by atoms with van der Waals surface area (Å²) >= 11 is 0. The summed E-state index contributed by atoms with van der Waals surface area (Å²) < 4.78 is 23.8. The van der Waals surface area contributed by atoms with E-state index >= 15 is 0 Å². The average molecular weight is 258 g/mol. The summed E-state index contributed by atoms with van der Waals surface area (Å²) in [5.74, 6) is 1.32. The van der Waals surface area contributed by atoms with Gasteiger partial charge in [-0.3, -0.25) is 4.79 Å². The lowest BCUT2D eigenvalue weighted by atomic mass is 9.92. The van der Waals surface area contributed by atoms with Crippen molar-refractivity contribution in [2.24, 2.45) is 17.8 Å². The van der Waals surface area contributed by atoms with Gasteiger partial charge in [0.15, 0.2) is 9.84 Å². The summed E-state index contributed by atoms with van der Waals surface area (Å²) in [6, 6.07) is 0. The van der Waals surface area contributed by atoms with Gasteiger partial charge in [0.25, 0.3) is 0 Å². The van der Waals surface area contributed by atoms with Gasteiger partial charge >= 0.3 is 0 Å². The summed E-state index contributed by atoms with van der Waals surface area (Å²) in [4.78, 5) is 11.7. The summed E-state index contributed by atoms with van der Waals surface area (Å²) in [6.45, 7) is 3.98. The maximum absolute atomic E-state index is 11.9. The lowest BCUT2D eigenvalue weighted by Gasteiger charge is -2.11. The second-order valence-electron chi connectivity index (χ2n) is 5.77. The van der Waals surface area contributed by atoms with Crippen LogP contribution in [0, 0.1) is 17.8 Å². The number of ketones is 1. The van der Waals surface area contributed by atoms with Crippen molar-refractivity contribution in [3.63, 3.8) is 0 Å². The van der Waals surface area contributed by atoms with Crippen LogP contribution in [0.3, 0.4) is 0 Å². The van der Waals surface area contributed by atoms with E-state index in [1.807, 2.05) is 6.92 Å². The van der Waals surface area contributed by atoms with Crippen molar-refractivity contribution in [2.45, 2.75) is 51.2 Å². The fourth-order valence-corrected chi connectivity index (χ4v) is 5.17. The zero-order valence-corrected chi connectivity index (χ0v) is 11.5. The molecule has 0 saturated heterocycles. The average Bonchev–Trinajstić information content (AvgIpc) is 3.04. The molecule has 0 aromatic rings. The number of carbonyl (C=O) groups is 1. The van der Waals surface area contributed by atoms with Gasteiger partial charge in [-0.2, -0.15) is 0 Å². The van der Waals surface area contributed by atoms with Crippen LogP contribution in [0.2, 0.25) is 0 Å². The van der Waals surface area contributed by atoms with Crippen molar-refractivity contribution in [3.8, 4) is 0 Å². The van der Waals surface area contributed by atoms with E-state index < -0.39 is 9.84 Å². The van der Waals surface area contributed by atoms with Crippen LogP contribution >= 0.6 is 0 Å². The Bertz CT molecular complexity index is 395. The molecule has 0 aromatic heterocycles. The molecule has 2 saturated carbocycles. The van der Waals surface area contributed by atoms with E-state index in [1.165, 1.54) is 0 Å². The van der Waals surface area contributed by atoms with Crippen molar-refractivity contribution in [1.82, 2.24) is 0 Å². The highest BCUT2D eigenvalue weighted by atomic mass is 32.2. The summed E-state index contributed by atoms with van der Waals surface area (Å²) in [5.41, 5.74) is 0. The van der Waals surface area contributed by atoms with Crippen LogP contribution < -0.4 is 0 Å². The minimum atomic E-state index is -2.86. The van der Waals surface area contributed by atoms with Crippen LogP contribution in [-0.2, 0) is 14.6 Å². The minimum Gasteiger partial charge on any atom is -0.299 e. The predicted octanol–water partition coefficient (Wildman–Crippen LogP) is 2.21. The van der Waals surface area contributed by atoms with Crippen LogP contribution in [0.1, 0.15) is 46.0 Å². The molecular formula is C13H22O3S. The van der Waals surface area contributed by atoms with Crippen LogP contribution in [0.4, 0.5) is 0 Å². The number of carbonyl (C=O) groups excluding carboxylic acids is 1. The molecular weight excluding hydrogens is 236 g/mol. The van der Waals surface area contributed by atoms with E-state index in [9.17, 15) is 13.2 Å². The van der Waals surface area contributed by atoms with Gasteiger partial charge in [-0.15, -0.1) is 0 Å². The second-order valence-corrected chi connectivity index (χ2v) is 8.10. The summed E-state index contributed by atoms with van der Waals surface area (Å²) in [5, 5.41) is -0.0567. The van der Waals surface area contributed by atoms with E-state index in [1.54, 1.807) is 0 Å². The molecule has 3 nitrogen and oxygen atoms in total. The topological polar surface area (TPSA) is 51.2 Å². The molecule has 17 heavy (non-hydrogen) atoms. The third kappa shape index (κ3) is 2.90. The fraction of sp³-hybridized carbons (Fsp3) is 0.923. The lowest BCUT2D eigenvalue weighted by molar-refractivity contribution is -0.123. The summed E-state index contributed by atoms with van der Waals surface area (Å²) in [7, 11) is -2.86. The minimum absolute atomic E-state index is 0.0567.